The molecule has 1 fully saturated rings. The van der Waals surface area contributed by atoms with Crippen molar-refractivity contribution >= 4 is 11.9 Å². The Hall–Kier alpha value is -3.43. The monoisotopic (exact) mass is 498 g/mol. The van der Waals surface area contributed by atoms with E-state index in [0.29, 0.717) is 22.4 Å². The van der Waals surface area contributed by atoms with E-state index < -0.39 is 11.7 Å². The maximum Gasteiger partial charge on any atom is 0.416 e. The van der Waals surface area contributed by atoms with Crippen LogP contribution in [0.25, 0.3) is 16.8 Å². The molecule has 2 heterocycles. The van der Waals surface area contributed by atoms with E-state index >= 15 is 0 Å². The van der Waals surface area contributed by atoms with Crippen LogP contribution in [0.5, 0.6) is 0 Å². The predicted molar refractivity (Wildman–Crippen MR) is 135 cm³/mol. The molecular weight excluding hydrogens is 469 g/mol. The average molecular weight is 499 g/mol. The molecule has 36 heavy (non-hydrogen) atoms. The number of hydrogen-bond donors (Lipinski definition) is 2. The van der Waals surface area contributed by atoms with Crippen molar-refractivity contribution in [1.82, 2.24) is 9.47 Å². The van der Waals surface area contributed by atoms with Gasteiger partial charge in [0.05, 0.1) is 12.2 Å². The Morgan fingerprint density at radius 1 is 1.11 bits per heavy atom. The van der Waals surface area contributed by atoms with Crippen molar-refractivity contribution in [3.63, 3.8) is 0 Å². The third kappa shape index (κ3) is 5.52. The first-order chi connectivity index (χ1) is 17.2. The highest BCUT2D eigenvalue weighted by Gasteiger charge is 2.30. The molecule has 3 aromatic rings. The number of nitrogens with zero attached hydrogens (tertiary/aromatic N) is 3. The molecule has 2 N–H and O–H groups in total. The normalized spacial score (nSPS) is 16.3. The molecule has 1 saturated heterocycles. The molecule has 1 aromatic heterocycles. The predicted octanol–water partition coefficient (Wildman–Crippen LogP) is 4.41. The summed E-state index contributed by atoms with van der Waals surface area (Å²) in [5.41, 5.74) is 2.10. The first-order valence-corrected chi connectivity index (χ1v) is 11.8. The zero-order valence-corrected chi connectivity index (χ0v) is 20.0. The Labute approximate surface area is 207 Å². The molecule has 0 radical (unpaired) electrons. The van der Waals surface area contributed by atoms with Gasteiger partial charge in [0.2, 0.25) is 0 Å². The lowest BCUT2D eigenvalue weighted by molar-refractivity contribution is -0.137. The summed E-state index contributed by atoms with van der Waals surface area (Å²) in [6.45, 7) is 2.68. The minimum Gasteiger partial charge on any atom is -0.395 e. The number of hydrogen-bond acceptors (Lipinski definition) is 5. The van der Waals surface area contributed by atoms with Gasteiger partial charge in [-0.2, -0.15) is 13.2 Å². The van der Waals surface area contributed by atoms with Crippen molar-refractivity contribution in [1.29, 1.82) is 5.41 Å². The molecule has 0 spiro atoms. The fraction of sp³-hybridized carbons (Fsp3) is 0.333. The number of aromatic nitrogens is 1. The molecule has 0 amide bonds. The van der Waals surface area contributed by atoms with Gasteiger partial charge in [0, 0.05) is 61.6 Å². The van der Waals surface area contributed by atoms with E-state index in [4.69, 9.17) is 5.41 Å². The van der Waals surface area contributed by atoms with Crippen LogP contribution in [0.2, 0.25) is 0 Å². The molecule has 1 aliphatic rings. The highest BCUT2D eigenvalue weighted by Crippen LogP contribution is 2.31. The highest BCUT2D eigenvalue weighted by atomic mass is 19.4. The summed E-state index contributed by atoms with van der Waals surface area (Å²) < 4.78 is 39.9. The maximum atomic E-state index is 12.9. The molecule has 0 bridgehead atoms. The van der Waals surface area contributed by atoms with E-state index in [1.54, 1.807) is 18.3 Å². The number of anilines is 1. The maximum absolute atomic E-state index is 12.9. The fourth-order valence-corrected chi connectivity index (χ4v) is 4.67. The lowest BCUT2D eigenvalue weighted by Crippen LogP contribution is -2.38. The number of likely N-dealkylation sites (N-methyl/N-ethyl adjacent to an activating group) is 1. The van der Waals surface area contributed by atoms with Gasteiger partial charge in [0.1, 0.15) is 0 Å². The zero-order chi connectivity index (χ0) is 25.9. The number of aliphatic hydroxyl groups excluding tert-OH is 1. The third-order valence-corrected chi connectivity index (χ3v) is 6.75. The van der Waals surface area contributed by atoms with Gasteiger partial charge < -0.3 is 15.4 Å². The summed E-state index contributed by atoms with van der Waals surface area (Å²) in [6.07, 6.45) is 0.521. The number of nitrogens with one attached hydrogen (secondary N) is 1. The van der Waals surface area contributed by atoms with Crippen LogP contribution < -0.4 is 10.5 Å². The van der Waals surface area contributed by atoms with E-state index in [0.717, 1.165) is 50.3 Å². The number of pyridine rings is 1. The molecule has 4 rings (SSSR count). The number of halogens is 3. The van der Waals surface area contributed by atoms with E-state index in [1.165, 1.54) is 29.0 Å². The Bertz CT molecular complexity index is 1270. The van der Waals surface area contributed by atoms with Crippen LogP contribution in [0.4, 0.5) is 18.9 Å². The van der Waals surface area contributed by atoms with Crippen LogP contribution in [0.3, 0.4) is 0 Å². The largest absolute Gasteiger partial charge is 0.416 e. The summed E-state index contributed by atoms with van der Waals surface area (Å²) in [6, 6.07) is 13.4. The molecule has 6 nitrogen and oxygen atoms in total. The van der Waals surface area contributed by atoms with Gasteiger partial charge in [-0.15, -0.1) is 0 Å². The van der Waals surface area contributed by atoms with Crippen LogP contribution in [0.15, 0.2) is 65.6 Å². The number of alkyl halides is 3. The molecule has 190 valence electrons. The molecule has 1 atom stereocenters. The third-order valence-electron chi connectivity index (χ3n) is 6.75. The van der Waals surface area contributed by atoms with Crippen LogP contribution >= 0.6 is 0 Å². The molecular formula is C27H29F3N4O2. The Kier molecular flexibility index (Phi) is 7.61. The molecule has 9 heteroatoms. The Morgan fingerprint density at radius 2 is 1.86 bits per heavy atom. The smallest absolute Gasteiger partial charge is 0.395 e. The summed E-state index contributed by atoms with van der Waals surface area (Å²) in [4.78, 5) is 17.2. The Balaban J connectivity index is 1.52. The van der Waals surface area contributed by atoms with E-state index in [2.05, 4.69) is 9.80 Å². The quantitative estimate of drug-likeness (QED) is 0.451. The van der Waals surface area contributed by atoms with Gasteiger partial charge in [0.15, 0.2) is 0 Å². The lowest BCUT2D eigenvalue weighted by atomic mass is 10.0. The number of aliphatic hydroxyl groups is 1. The van der Waals surface area contributed by atoms with Crippen molar-refractivity contribution in [3.05, 3.63) is 82.3 Å². The summed E-state index contributed by atoms with van der Waals surface area (Å²) in [5, 5.41) is 17.4. The lowest BCUT2D eigenvalue weighted by Gasteiger charge is -2.28. The first kappa shape index (κ1) is 25.7. The fourth-order valence-electron chi connectivity index (χ4n) is 4.67. The van der Waals surface area contributed by atoms with Crippen LogP contribution in [0, 0.1) is 5.41 Å². The van der Waals surface area contributed by atoms with Crippen molar-refractivity contribution < 1.29 is 18.3 Å². The minimum absolute atomic E-state index is 0.163. The van der Waals surface area contributed by atoms with E-state index in [-0.39, 0.29) is 18.2 Å². The second-order valence-corrected chi connectivity index (χ2v) is 9.02. The van der Waals surface area contributed by atoms with Gasteiger partial charge in [0.25, 0.3) is 5.56 Å². The van der Waals surface area contributed by atoms with Crippen molar-refractivity contribution in [2.75, 3.05) is 38.2 Å². The SMILES string of the molecule is CN(CCN1CCC[C@H]1CO)c1ccc(-n2ccc(-c3ccc(C(F)(F)F)cc3)cc2=O)cc1C=N. The molecule has 0 aliphatic carbocycles. The number of rotatable bonds is 8. The van der Waals surface area contributed by atoms with E-state index in [1.807, 2.05) is 19.2 Å². The molecule has 2 aromatic carbocycles. The van der Waals surface area contributed by atoms with Gasteiger partial charge in [-0.25, -0.2) is 0 Å². The van der Waals surface area contributed by atoms with Crippen molar-refractivity contribution in [2.24, 2.45) is 0 Å². The molecule has 0 unspecified atom stereocenters. The van der Waals surface area contributed by atoms with Crippen molar-refractivity contribution in [3.8, 4) is 16.8 Å². The van der Waals surface area contributed by atoms with Gasteiger partial charge in [-0.1, -0.05) is 12.1 Å². The van der Waals surface area contributed by atoms with Crippen LogP contribution in [-0.4, -0.2) is 60.1 Å². The standard InChI is InChI=1S/C27H29F3N4O2/c1-32(13-14-33-11-2-3-24(33)18-35)25-9-8-23(15-21(25)17-31)34-12-10-20(16-26(34)36)19-4-6-22(7-5-19)27(28,29)30/h4-10,12,15-17,24,31,35H,2-3,11,13-14,18H2,1H3/t24-/m0/s1. The molecule has 0 saturated carbocycles. The van der Waals surface area contributed by atoms with Crippen LogP contribution in [-0.2, 0) is 6.18 Å². The summed E-state index contributed by atoms with van der Waals surface area (Å²) in [7, 11) is 1.96. The highest BCUT2D eigenvalue weighted by molar-refractivity contribution is 5.87. The van der Waals surface area contributed by atoms with Gasteiger partial charge in [-0.05, 0) is 66.9 Å². The Morgan fingerprint density at radius 3 is 2.50 bits per heavy atom. The first-order valence-electron chi connectivity index (χ1n) is 11.8. The van der Waals surface area contributed by atoms with Crippen molar-refractivity contribution in [2.45, 2.75) is 25.1 Å². The van der Waals surface area contributed by atoms with E-state index in [9.17, 15) is 23.1 Å². The average Bonchev–Trinajstić information content (AvgIpc) is 3.34. The summed E-state index contributed by atoms with van der Waals surface area (Å²) in [5.74, 6) is 0. The van der Waals surface area contributed by atoms with Gasteiger partial charge in [-0.3, -0.25) is 14.3 Å². The van der Waals surface area contributed by atoms with Crippen LogP contribution in [0.1, 0.15) is 24.0 Å². The molecule has 1 aliphatic heterocycles. The zero-order valence-electron chi connectivity index (χ0n) is 20.0. The summed E-state index contributed by atoms with van der Waals surface area (Å²) >= 11 is 0. The topological polar surface area (TPSA) is 72.6 Å². The number of likely N-dealkylation sites (tertiary alicyclic amines) is 1. The second-order valence-electron chi connectivity index (χ2n) is 9.02. The second kappa shape index (κ2) is 10.7. The number of benzene rings is 2. The minimum atomic E-state index is -4.41. The van der Waals surface area contributed by atoms with Gasteiger partial charge >= 0.3 is 6.18 Å².